The average Bonchev–Trinajstić information content (AvgIpc) is 2.66. The van der Waals surface area contributed by atoms with Gasteiger partial charge in [-0.2, -0.15) is 8.78 Å². The molecule has 0 heterocycles. The number of hydrogen-bond acceptors (Lipinski definition) is 5. The van der Waals surface area contributed by atoms with Crippen LogP contribution < -0.4 is 14.8 Å². The Labute approximate surface area is 154 Å². The number of methoxy groups -OCH3 is 1. The maximum Gasteiger partial charge on any atom is 0.387 e. The molecule has 0 aliphatic heterocycles. The number of alkyl halides is 2. The molecule has 0 radical (unpaired) electrons. The summed E-state index contributed by atoms with van der Waals surface area (Å²) in [5.41, 5.74) is 1.04. The summed E-state index contributed by atoms with van der Waals surface area (Å²) in [6, 6.07) is 12.5. The van der Waals surface area contributed by atoms with E-state index in [0.29, 0.717) is 17.0 Å². The zero-order chi connectivity index (χ0) is 19.6. The topological polar surface area (TPSA) is 73.9 Å². The summed E-state index contributed by atoms with van der Waals surface area (Å²) >= 11 is 0. The Kier molecular flexibility index (Phi) is 7.30. The molecule has 1 amide bonds. The molecule has 1 N–H and O–H groups in total. The van der Waals surface area contributed by atoms with Crippen LogP contribution in [0.1, 0.15) is 5.56 Å². The molecular formula is C19H17F2NO5. The molecule has 2 aromatic rings. The highest BCUT2D eigenvalue weighted by Crippen LogP contribution is 2.22. The predicted octanol–water partition coefficient (Wildman–Crippen LogP) is 3.49. The first-order chi connectivity index (χ1) is 13.0. The molecule has 142 valence electrons. The van der Waals surface area contributed by atoms with Crippen LogP contribution >= 0.6 is 0 Å². The third-order valence-corrected chi connectivity index (χ3v) is 3.24. The molecule has 0 unspecified atom stereocenters. The summed E-state index contributed by atoms with van der Waals surface area (Å²) in [6.45, 7) is -3.37. The first-order valence-electron chi connectivity index (χ1n) is 7.80. The van der Waals surface area contributed by atoms with Crippen LogP contribution in [0.3, 0.4) is 0 Å². The van der Waals surface area contributed by atoms with Crippen molar-refractivity contribution in [3.63, 3.8) is 0 Å². The van der Waals surface area contributed by atoms with E-state index in [1.54, 1.807) is 24.3 Å². The van der Waals surface area contributed by atoms with E-state index in [1.807, 2.05) is 0 Å². The summed E-state index contributed by atoms with van der Waals surface area (Å²) < 4.78 is 38.3. The fraction of sp³-hybridized carbons (Fsp3) is 0.158. The van der Waals surface area contributed by atoms with Gasteiger partial charge in [0, 0.05) is 6.08 Å². The van der Waals surface area contributed by atoms with Crippen molar-refractivity contribution in [2.24, 2.45) is 0 Å². The number of carbonyl (C=O) groups is 2. The third-order valence-electron chi connectivity index (χ3n) is 3.24. The maximum absolute atomic E-state index is 12.1. The van der Waals surface area contributed by atoms with Crippen LogP contribution in [0.5, 0.6) is 11.5 Å². The van der Waals surface area contributed by atoms with Gasteiger partial charge in [-0.15, -0.1) is 0 Å². The van der Waals surface area contributed by atoms with E-state index in [9.17, 15) is 18.4 Å². The zero-order valence-electron chi connectivity index (χ0n) is 14.4. The Morgan fingerprint density at radius 3 is 2.48 bits per heavy atom. The second kappa shape index (κ2) is 9.91. The van der Waals surface area contributed by atoms with Crippen LogP contribution in [-0.4, -0.2) is 32.2 Å². The van der Waals surface area contributed by atoms with E-state index in [0.717, 1.165) is 6.08 Å². The molecule has 0 spiro atoms. The van der Waals surface area contributed by atoms with Gasteiger partial charge >= 0.3 is 12.6 Å². The lowest BCUT2D eigenvalue weighted by Gasteiger charge is -2.09. The van der Waals surface area contributed by atoms with Crippen LogP contribution in [-0.2, 0) is 14.3 Å². The molecule has 0 atom stereocenters. The van der Waals surface area contributed by atoms with E-state index in [4.69, 9.17) is 9.47 Å². The van der Waals surface area contributed by atoms with Gasteiger partial charge in [-0.25, -0.2) is 4.79 Å². The minimum absolute atomic E-state index is 0.0118. The fourth-order valence-corrected chi connectivity index (χ4v) is 2.04. The van der Waals surface area contributed by atoms with E-state index >= 15 is 0 Å². The van der Waals surface area contributed by atoms with Crippen molar-refractivity contribution in [1.29, 1.82) is 0 Å². The highest BCUT2D eigenvalue weighted by atomic mass is 19.3. The molecule has 6 nitrogen and oxygen atoms in total. The Bertz CT molecular complexity index is 806. The largest absolute Gasteiger partial charge is 0.495 e. The minimum atomic E-state index is -2.90. The Morgan fingerprint density at radius 2 is 1.81 bits per heavy atom. The maximum atomic E-state index is 12.1. The van der Waals surface area contributed by atoms with Gasteiger partial charge in [0.1, 0.15) is 11.5 Å². The van der Waals surface area contributed by atoms with Crippen molar-refractivity contribution >= 4 is 23.6 Å². The summed E-state index contributed by atoms with van der Waals surface area (Å²) in [7, 11) is 1.47. The summed E-state index contributed by atoms with van der Waals surface area (Å²) in [5, 5.41) is 2.57. The fourth-order valence-electron chi connectivity index (χ4n) is 2.04. The van der Waals surface area contributed by atoms with Crippen molar-refractivity contribution in [3.8, 4) is 11.5 Å². The van der Waals surface area contributed by atoms with Crippen molar-refractivity contribution in [3.05, 3.63) is 60.2 Å². The number of halogens is 2. The van der Waals surface area contributed by atoms with Gasteiger partial charge in [-0.05, 0) is 35.9 Å². The highest BCUT2D eigenvalue weighted by molar-refractivity contribution is 5.95. The van der Waals surface area contributed by atoms with Gasteiger partial charge in [0.25, 0.3) is 5.91 Å². The second-order valence-electron chi connectivity index (χ2n) is 5.14. The average molecular weight is 377 g/mol. The smallest absolute Gasteiger partial charge is 0.387 e. The van der Waals surface area contributed by atoms with Crippen molar-refractivity contribution < 1.29 is 32.6 Å². The number of nitrogens with one attached hydrogen (secondary N) is 1. The van der Waals surface area contributed by atoms with Crippen LogP contribution in [0.15, 0.2) is 54.6 Å². The number of para-hydroxylation sites is 2. The van der Waals surface area contributed by atoms with Gasteiger partial charge in [0.2, 0.25) is 0 Å². The monoisotopic (exact) mass is 377 g/mol. The van der Waals surface area contributed by atoms with Crippen LogP contribution in [0.2, 0.25) is 0 Å². The lowest BCUT2D eigenvalue weighted by molar-refractivity contribution is -0.142. The van der Waals surface area contributed by atoms with Gasteiger partial charge in [0.05, 0.1) is 12.8 Å². The Hall–Kier alpha value is -3.42. The van der Waals surface area contributed by atoms with Gasteiger partial charge in [-0.3, -0.25) is 4.79 Å². The number of anilines is 1. The molecule has 2 rings (SSSR count). The summed E-state index contributed by atoms with van der Waals surface area (Å²) in [5.74, 6) is -0.748. The lowest BCUT2D eigenvalue weighted by Crippen LogP contribution is -2.20. The van der Waals surface area contributed by atoms with Gasteiger partial charge < -0.3 is 19.5 Å². The normalized spacial score (nSPS) is 10.7. The molecule has 0 bridgehead atoms. The molecule has 27 heavy (non-hydrogen) atoms. The number of hydrogen-bond donors (Lipinski definition) is 1. The van der Waals surface area contributed by atoms with Crippen LogP contribution in [0.25, 0.3) is 6.08 Å². The van der Waals surface area contributed by atoms with Crippen LogP contribution in [0.4, 0.5) is 14.5 Å². The molecule has 0 aliphatic rings. The number of carbonyl (C=O) groups excluding carboxylic acids is 2. The van der Waals surface area contributed by atoms with Crippen molar-refractivity contribution in [1.82, 2.24) is 0 Å². The first-order valence-corrected chi connectivity index (χ1v) is 7.80. The van der Waals surface area contributed by atoms with Gasteiger partial charge in [0.15, 0.2) is 6.61 Å². The van der Waals surface area contributed by atoms with Crippen molar-refractivity contribution in [2.75, 3.05) is 19.0 Å². The molecular weight excluding hydrogens is 360 g/mol. The molecule has 8 heteroatoms. The summed E-state index contributed by atoms with van der Waals surface area (Å²) in [6.07, 6.45) is 2.55. The molecule has 0 saturated heterocycles. The first kappa shape index (κ1) is 19.9. The predicted molar refractivity (Wildman–Crippen MR) is 94.7 cm³/mol. The number of ether oxygens (including phenoxy) is 3. The molecule has 2 aromatic carbocycles. The molecule has 0 aromatic heterocycles. The minimum Gasteiger partial charge on any atom is -0.495 e. The second-order valence-corrected chi connectivity index (χ2v) is 5.14. The standard InChI is InChI=1S/C19H17F2NO5/c1-25-16-5-3-2-4-15(16)22-17(23)12-26-18(24)11-8-13-6-9-14(10-7-13)27-19(20)21/h2-11,19H,12H2,1H3,(H,22,23)/b11-8+. The van der Waals surface area contributed by atoms with Crippen molar-refractivity contribution in [2.45, 2.75) is 6.61 Å². The Balaban J connectivity index is 1.81. The zero-order valence-corrected chi connectivity index (χ0v) is 14.4. The number of benzene rings is 2. The van der Waals surface area contributed by atoms with Gasteiger partial charge in [-0.1, -0.05) is 24.3 Å². The number of esters is 1. The Morgan fingerprint density at radius 1 is 1.11 bits per heavy atom. The lowest BCUT2D eigenvalue weighted by atomic mass is 10.2. The number of rotatable bonds is 8. The molecule has 0 aliphatic carbocycles. The highest BCUT2D eigenvalue weighted by Gasteiger charge is 2.09. The SMILES string of the molecule is COc1ccccc1NC(=O)COC(=O)/C=C/c1ccc(OC(F)F)cc1. The number of amides is 1. The van der Waals surface area contributed by atoms with Crippen LogP contribution in [0, 0.1) is 0 Å². The van der Waals surface area contributed by atoms with E-state index < -0.39 is 25.1 Å². The molecule has 0 fully saturated rings. The quantitative estimate of drug-likeness (QED) is 0.563. The molecule has 0 saturated carbocycles. The van der Waals surface area contributed by atoms with E-state index in [-0.39, 0.29) is 5.75 Å². The third kappa shape index (κ3) is 6.77. The van der Waals surface area contributed by atoms with E-state index in [1.165, 1.54) is 37.5 Å². The summed E-state index contributed by atoms with van der Waals surface area (Å²) in [4.78, 5) is 23.5. The van der Waals surface area contributed by atoms with E-state index in [2.05, 4.69) is 10.1 Å².